The van der Waals surface area contributed by atoms with E-state index in [1.165, 1.54) is 18.4 Å². The highest BCUT2D eigenvalue weighted by Crippen LogP contribution is 2.28. The quantitative estimate of drug-likeness (QED) is 0.428. The van der Waals surface area contributed by atoms with Gasteiger partial charge < -0.3 is 23.7 Å². The van der Waals surface area contributed by atoms with E-state index in [4.69, 9.17) is 23.7 Å². The van der Waals surface area contributed by atoms with Crippen LogP contribution in [-0.4, -0.2) is 58.5 Å². The third-order valence-corrected chi connectivity index (χ3v) is 4.24. The summed E-state index contributed by atoms with van der Waals surface area (Å²) in [6.07, 6.45) is 5.97. The van der Waals surface area contributed by atoms with Crippen LogP contribution in [0.25, 0.3) is 0 Å². The van der Waals surface area contributed by atoms with E-state index in [1.54, 1.807) is 0 Å². The Hall–Kier alpha value is -0.980. The maximum absolute atomic E-state index is 5.45. The summed E-state index contributed by atoms with van der Waals surface area (Å²) in [7, 11) is 0. The average Bonchev–Trinajstić information content (AvgIpc) is 3.50. The van der Waals surface area contributed by atoms with Crippen molar-refractivity contribution in [2.24, 2.45) is 0 Å². The first kappa shape index (κ1) is 18.8. The minimum atomic E-state index is 0.401. The third kappa shape index (κ3) is 9.33. The highest BCUT2D eigenvalue weighted by atomic mass is 16.6. The Balaban J connectivity index is 0.000000170. The van der Waals surface area contributed by atoms with Gasteiger partial charge in [-0.3, -0.25) is 0 Å². The maximum Gasteiger partial charge on any atom is 0.106 e. The number of hydrogen-bond acceptors (Lipinski definition) is 5. The predicted octanol–water partition coefficient (Wildman–Crippen LogP) is 3.14. The van der Waals surface area contributed by atoms with Crippen LogP contribution in [0.3, 0.4) is 0 Å². The molecule has 0 amide bonds. The molecule has 3 fully saturated rings. The molecule has 4 rings (SSSR count). The van der Waals surface area contributed by atoms with Gasteiger partial charge in [0.2, 0.25) is 0 Å². The molecule has 3 atom stereocenters. The van der Waals surface area contributed by atoms with Gasteiger partial charge in [-0.2, -0.15) is 0 Å². The van der Waals surface area contributed by atoms with Gasteiger partial charge >= 0.3 is 0 Å². The van der Waals surface area contributed by atoms with E-state index >= 15 is 0 Å². The molecule has 0 N–H and O–H groups in total. The molecule has 0 spiro atoms. The monoisotopic (exact) mass is 350 g/mol. The van der Waals surface area contributed by atoms with Gasteiger partial charge in [0.15, 0.2) is 0 Å². The van der Waals surface area contributed by atoms with Gasteiger partial charge in [-0.15, -0.1) is 0 Å². The van der Waals surface area contributed by atoms with E-state index in [2.05, 4.69) is 12.1 Å². The molecule has 0 radical (unpaired) electrons. The van der Waals surface area contributed by atoms with Crippen LogP contribution in [0, 0.1) is 0 Å². The van der Waals surface area contributed by atoms with Crippen LogP contribution in [0.4, 0.5) is 0 Å². The number of benzene rings is 1. The SMILES string of the molecule is C(CCCOCC1CO1)CCOCC1CO1.c1ccc(C2CO2)cc1. The highest BCUT2D eigenvalue weighted by Gasteiger charge is 2.24. The minimum Gasteiger partial charge on any atom is -0.379 e. The third-order valence-electron chi connectivity index (χ3n) is 4.24. The molecule has 0 aromatic heterocycles. The molecule has 1 aromatic carbocycles. The lowest BCUT2D eigenvalue weighted by molar-refractivity contribution is 0.105. The Morgan fingerprint density at radius 2 is 1.24 bits per heavy atom. The predicted molar refractivity (Wildman–Crippen MR) is 94.7 cm³/mol. The largest absolute Gasteiger partial charge is 0.379 e. The van der Waals surface area contributed by atoms with Crippen molar-refractivity contribution in [2.75, 3.05) is 46.2 Å². The van der Waals surface area contributed by atoms with Crippen LogP contribution in [0.5, 0.6) is 0 Å². The molecule has 3 aliphatic rings. The molecular formula is C20H30O5. The van der Waals surface area contributed by atoms with Crippen molar-refractivity contribution in [3.05, 3.63) is 35.9 Å². The van der Waals surface area contributed by atoms with Crippen molar-refractivity contribution < 1.29 is 23.7 Å². The molecule has 3 aliphatic heterocycles. The van der Waals surface area contributed by atoms with E-state index in [-0.39, 0.29) is 0 Å². The van der Waals surface area contributed by atoms with Crippen LogP contribution in [0.15, 0.2) is 30.3 Å². The zero-order valence-electron chi connectivity index (χ0n) is 14.9. The first-order chi connectivity index (χ1) is 12.4. The van der Waals surface area contributed by atoms with E-state index in [0.717, 1.165) is 59.1 Å². The summed E-state index contributed by atoms with van der Waals surface area (Å²) in [5.74, 6) is 0. The fourth-order valence-electron chi connectivity index (χ4n) is 2.43. The molecule has 5 heteroatoms. The Morgan fingerprint density at radius 1 is 0.720 bits per heavy atom. The van der Waals surface area contributed by atoms with Crippen LogP contribution < -0.4 is 0 Å². The molecule has 1 aromatic rings. The zero-order valence-corrected chi connectivity index (χ0v) is 14.9. The topological polar surface area (TPSA) is 56.0 Å². The van der Waals surface area contributed by atoms with Crippen LogP contribution >= 0.6 is 0 Å². The molecule has 3 saturated heterocycles. The number of epoxide rings is 3. The number of hydrogen-bond donors (Lipinski definition) is 0. The van der Waals surface area contributed by atoms with Crippen molar-refractivity contribution in [3.8, 4) is 0 Å². The number of rotatable bonds is 12. The zero-order chi connectivity index (χ0) is 17.2. The molecule has 25 heavy (non-hydrogen) atoms. The summed E-state index contributed by atoms with van der Waals surface area (Å²) in [6.45, 7) is 6.00. The number of ether oxygens (including phenoxy) is 5. The van der Waals surface area contributed by atoms with Gasteiger partial charge in [0.1, 0.15) is 18.3 Å². The Kier molecular flexibility index (Phi) is 8.19. The summed E-state index contributed by atoms with van der Waals surface area (Å²) in [5.41, 5.74) is 1.30. The average molecular weight is 350 g/mol. The van der Waals surface area contributed by atoms with Gasteiger partial charge in [0.05, 0.1) is 33.0 Å². The van der Waals surface area contributed by atoms with Crippen LogP contribution in [-0.2, 0) is 23.7 Å². The second kappa shape index (κ2) is 10.9. The molecule has 0 aliphatic carbocycles. The fourth-order valence-corrected chi connectivity index (χ4v) is 2.43. The lowest BCUT2D eigenvalue weighted by atomic mass is 10.2. The van der Waals surface area contributed by atoms with Gasteiger partial charge in [0, 0.05) is 13.2 Å². The fraction of sp³-hybridized carbons (Fsp3) is 0.700. The van der Waals surface area contributed by atoms with Crippen molar-refractivity contribution >= 4 is 0 Å². The molecule has 140 valence electrons. The van der Waals surface area contributed by atoms with E-state index in [0.29, 0.717) is 18.3 Å². The van der Waals surface area contributed by atoms with Gasteiger partial charge in [-0.1, -0.05) is 43.2 Å². The Morgan fingerprint density at radius 3 is 1.68 bits per heavy atom. The van der Waals surface area contributed by atoms with Gasteiger partial charge in [-0.25, -0.2) is 0 Å². The van der Waals surface area contributed by atoms with Crippen molar-refractivity contribution in [2.45, 2.75) is 44.0 Å². The van der Waals surface area contributed by atoms with Crippen LogP contribution in [0.2, 0.25) is 0 Å². The molecule has 5 nitrogen and oxygen atoms in total. The summed E-state index contributed by atoms with van der Waals surface area (Å²) >= 11 is 0. The van der Waals surface area contributed by atoms with E-state index in [1.807, 2.05) is 18.2 Å². The second-order valence-electron chi connectivity index (χ2n) is 6.71. The summed E-state index contributed by atoms with van der Waals surface area (Å²) < 4.78 is 26.1. The van der Waals surface area contributed by atoms with Gasteiger partial charge in [0.25, 0.3) is 0 Å². The molecule has 3 unspecified atom stereocenters. The van der Waals surface area contributed by atoms with Crippen LogP contribution in [0.1, 0.15) is 37.4 Å². The van der Waals surface area contributed by atoms with Crippen molar-refractivity contribution in [1.29, 1.82) is 0 Å². The summed E-state index contributed by atoms with van der Waals surface area (Å²) in [5, 5.41) is 0. The standard InChI is InChI=1S/C12H22O4.C8H8O/c1(3-5-13-7-11-9-15-11)2-4-6-14-8-12-10-16-12;1-2-4-7(5-3-1)8-6-9-8/h11-12H,1-10H2;1-5,8H,6H2. The van der Waals surface area contributed by atoms with Crippen molar-refractivity contribution in [3.63, 3.8) is 0 Å². The normalized spacial score (nSPS) is 25.8. The second-order valence-corrected chi connectivity index (χ2v) is 6.71. The first-order valence-electron chi connectivity index (χ1n) is 9.47. The Labute approximate surface area is 150 Å². The van der Waals surface area contributed by atoms with E-state index in [9.17, 15) is 0 Å². The summed E-state index contributed by atoms with van der Waals surface area (Å²) in [4.78, 5) is 0. The summed E-state index contributed by atoms with van der Waals surface area (Å²) in [6, 6.07) is 10.3. The molecule has 3 heterocycles. The smallest absolute Gasteiger partial charge is 0.106 e. The van der Waals surface area contributed by atoms with Gasteiger partial charge in [-0.05, 0) is 18.4 Å². The Bertz CT molecular complexity index is 434. The maximum atomic E-state index is 5.45. The number of unbranched alkanes of at least 4 members (excludes halogenated alkanes) is 3. The molecular weight excluding hydrogens is 320 g/mol. The lowest BCUT2D eigenvalue weighted by Crippen LogP contribution is -2.04. The first-order valence-corrected chi connectivity index (χ1v) is 9.47. The van der Waals surface area contributed by atoms with Crippen molar-refractivity contribution in [1.82, 2.24) is 0 Å². The molecule has 0 saturated carbocycles. The lowest BCUT2D eigenvalue weighted by Gasteiger charge is -2.03. The highest BCUT2D eigenvalue weighted by molar-refractivity contribution is 5.19. The van der Waals surface area contributed by atoms with E-state index < -0.39 is 0 Å². The minimum absolute atomic E-state index is 0.401. The molecule has 0 bridgehead atoms.